The van der Waals surface area contributed by atoms with Gasteiger partial charge in [0, 0.05) is 11.3 Å². The minimum absolute atomic E-state index is 0.0742. The van der Waals surface area contributed by atoms with Crippen LogP contribution in [0, 0.1) is 6.92 Å². The Balaban J connectivity index is 1.85. The minimum atomic E-state index is -0.0992. The Morgan fingerprint density at radius 1 is 1.13 bits per heavy atom. The summed E-state index contributed by atoms with van der Waals surface area (Å²) in [6, 6.07) is 11.7. The van der Waals surface area contributed by atoms with E-state index in [0.717, 1.165) is 22.3 Å². The molecule has 2 N–H and O–H groups in total. The Hall–Kier alpha value is -2.62. The summed E-state index contributed by atoms with van der Waals surface area (Å²) >= 11 is 0. The molecule has 1 heterocycles. The maximum absolute atomic E-state index is 12.5. The van der Waals surface area contributed by atoms with Crippen LogP contribution in [0.25, 0.3) is 11.0 Å². The number of imidazole rings is 1. The largest absolute Gasteiger partial charge is 0.345 e. The number of aromatic nitrogens is 2. The number of aryl methyl sites for hydroxylation is 1. The van der Waals surface area contributed by atoms with Crippen molar-refractivity contribution in [3.63, 3.8) is 0 Å². The molecule has 118 valence electrons. The van der Waals surface area contributed by atoms with Gasteiger partial charge in [0.2, 0.25) is 0 Å². The molecule has 2 aromatic carbocycles. The van der Waals surface area contributed by atoms with Crippen molar-refractivity contribution >= 4 is 22.6 Å². The second-order valence-electron chi connectivity index (χ2n) is 6.87. The van der Waals surface area contributed by atoms with E-state index in [2.05, 4.69) is 42.1 Å². The van der Waals surface area contributed by atoms with Crippen LogP contribution in [-0.2, 0) is 5.41 Å². The van der Waals surface area contributed by atoms with Gasteiger partial charge in [-0.1, -0.05) is 32.9 Å². The molecule has 0 bridgehead atoms. The standard InChI is InChI=1S/C19H21N3O/c1-12-9-13(19(2,3)4)5-7-15(12)18(23)22-14-6-8-16-17(10-14)21-11-20-16/h5-11H,1-4H3,(H,20,21)(H,22,23). The van der Waals surface area contributed by atoms with E-state index in [0.29, 0.717) is 5.56 Å². The highest BCUT2D eigenvalue weighted by atomic mass is 16.1. The molecule has 0 radical (unpaired) electrons. The van der Waals surface area contributed by atoms with Gasteiger partial charge in [-0.05, 0) is 47.7 Å². The molecule has 0 saturated heterocycles. The molecule has 1 amide bonds. The van der Waals surface area contributed by atoms with Gasteiger partial charge in [-0.25, -0.2) is 4.98 Å². The number of anilines is 1. The number of carbonyl (C=O) groups excluding carboxylic acids is 1. The summed E-state index contributed by atoms with van der Waals surface area (Å²) in [5.41, 5.74) is 5.51. The quantitative estimate of drug-likeness (QED) is 0.736. The predicted molar refractivity (Wildman–Crippen MR) is 93.9 cm³/mol. The normalized spacial score (nSPS) is 11.7. The van der Waals surface area contributed by atoms with Crippen molar-refractivity contribution in [2.45, 2.75) is 33.1 Å². The van der Waals surface area contributed by atoms with E-state index in [1.165, 1.54) is 5.56 Å². The van der Waals surface area contributed by atoms with Gasteiger partial charge in [-0.15, -0.1) is 0 Å². The van der Waals surface area contributed by atoms with Crippen LogP contribution in [0.1, 0.15) is 42.3 Å². The lowest BCUT2D eigenvalue weighted by Crippen LogP contribution is -2.16. The molecule has 0 unspecified atom stereocenters. The number of aromatic amines is 1. The van der Waals surface area contributed by atoms with E-state index >= 15 is 0 Å². The average Bonchev–Trinajstić information content (AvgIpc) is 2.93. The molecule has 4 nitrogen and oxygen atoms in total. The van der Waals surface area contributed by atoms with Crippen LogP contribution >= 0.6 is 0 Å². The fraction of sp³-hybridized carbons (Fsp3) is 0.263. The monoisotopic (exact) mass is 307 g/mol. The van der Waals surface area contributed by atoms with E-state index in [1.54, 1.807) is 6.33 Å². The number of rotatable bonds is 2. The van der Waals surface area contributed by atoms with Crippen molar-refractivity contribution in [3.8, 4) is 0 Å². The molecule has 3 aromatic rings. The number of benzene rings is 2. The molecular formula is C19H21N3O. The molecule has 0 saturated carbocycles. The van der Waals surface area contributed by atoms with Crippen molar-refractivity contribution in [1.82, 2.24) is 9.97 Å². The number of amides is 1. The SMILES string of the molecule is Cc1cc(C(C)(C)C)ccc1C(=O)Nc1ccc2[nH]cnc2c1. The van der Waals surface area contributed by atoms with Crippen molar-refractivity contribution < 1.29 is 4.79 Å². The molecular weight excluding hydrogens is 286 g/mol. The number of nitrogens with one attached hydrogen (secondary N) is 2. The van der Waals surface area contributed by atoms with Crippen LogP contribution in [0.5, 0.6) is 0 Å². The summed E-state index contributed by atoms with van der Waals surface area (Å²) < 4.78 is 0. The molecule has 0 aliphatic carbocycles. The van der Waals surface area contributed by atoms with Crippen molar-refractivity contribution in [3.05, 3.63) is 59.4 Å². The smallest absolute Gasteiger partial charge is 0.255 e. The molecule has 4 heteroatoms. The first-order valence-electron chi connectivity index (χ1n) is 7.70. The van der Waals surface area contributed by atoms with Gasteiger partial charge in [0.1, 0.15) is 0 Å². The number of hydrogen-bond acceptors (Lipinski definition) is 2. The summed E-state index contributed by atoms with van der Waals surface area (Å²) in [6.45, 7) is 8.48. The predicted octanol–water partition coefficient (Wildman–Crippen LogP) is 4.42. The third-order valence-electron chi connectivity index (χ3n) is 4.02. The van der Waals surface area contributed by atoms with Crippen LogP contribution < -0.4 is 5.32 Å². The molecule has 1 aromatic heterocycles. The highest BCUT2D eigenvalue weighted by Crippen LogP contribution is 2.25. The van der Waals surface area contributed by atoms with Gasteiger partial charge in [0.25, 0.3) is 5.91 Å². The Morgan fingerprint density at radius 3 is 2.61 bits per heavy atom. The zero-order chi connectivity index (χ0) is 16.6. The number of H-pyrrole nitrogens is 1. The zero-order valence-electron chi connectivity index (χ0n) is 13.9. The molecule has 23 heavy (non-hydrogen) atoms. The second-order valence-corrected chi connectivity index (χ2v) is 6.87. The first-order valence-corrected chi connectivity index (χ1v) is 7.70. The first-order chi connectivity index (χ1) is 10.8. The summed E-state index contributed by atoms with van der Waals surface area (Å²) in [5.74, 6) is -0.0992. The molecule has 0 atom stereocenters. The fourth-order valence-electron chi connectivity index (χ4n) is 2.59. The molecule has 0 aliphatic rings. The van der Waals surface area contributed by atoms with Crippen molar-refractivity contribution in [2.75, 3.05) is 5.32 Å². The van der Waals surface area contributed by atoms with Gasteiger partial charge in [0.05, 0.1) is 17.4 Å². The van der Waals surface area contributed by atoms with Gasteiger partial charge >= 0.3 is 0 Å². The maximum atomic E-state index is 12.5. The lowest BCUT2D eigenvalue weighted by molar-refractivity contribution is 0.102. The van der Waals surface area contributed by atoms with Crippen LogP contribution in [0.15, 0.2) is 42.7 Å². The highest BCUT2D eigenvalue weighted by Gasteiger charge is 2.16. The minimum Gasteiger partial charge on any atom is -0.345 e. The molecule has 0 spiro atoms. The molecule has 0 fully saturated rings. The summed E-state index contributed by atoms with van der Waals surface area (Å²) in [6.07, 6.45) is 1.64. The lowest BCUT2D eigenvalue weighted by Gasteiger charge is -2.20. The summed E-state index contributed by atoms with van der Waals surface area (Å²) in [5, 5.41) is 2.95. The van der Waals surface area contributed by atoms with Crippen molar-refractivity contribution in [1.29, 1.82) is 0 Å². The Kier molecular flexibility index (Phi) is 3.68. The van der Waals surface area contributed by atoms with Gasteiger partial charge < -0.3 is 10.3 Å². The van der Waals surface area contributed by atoms with E-state index in [9.17, 15) is 4.79 Å². The van der Waals surface area contributed by atoms with E-state index in [1.807, 2.05) is 37.3 Å². The second kappa shape index (κ2) is 5.54. The number of carbonyl (C=O) groups is 1. The maximum Gasteiger partial charge on any atom is 0.255 e. The molecule has 0 aliphatic heterocycles. The van der Waals surface area contributed by atoms with Gasteiger partial charge in [-0.3, -0.25) is 4.79 Å². The Labute approximate surface area is 136 Å². The highest BCUT2D eigenvalue weighted by molar-refractivity contribution is 6.05. The first kappa shape index (κ1) is 15.3. The Morgan fingerprint density at radius 2 is 1.91 bits per heavy atom. The Bertz CT molecular complexity index is 872. The van der Waals surface area contributed by atoms with E-state index < -0.39 is 0 Å². The summed E-state index contributed by atoms with van der Waals surface area (Å²) in [4.78, 5) is 19.8. The molecule has 3 rings (SSSR count). The van der Waals surface area contributed by atoms with Gasteiger partial charge in [-0.2, -0.15) is 0 Å². The lowest BCUT2D eigenvalue weighted by atomic mass is 9.85. The van der Waals surface area contributed by atoms with Crippen LogP contribution in [-0.4, -0.2) is 15.9 Å². The third-order valence-corrected chi connectivity index (χ3v) is 4.02. The zero-order valence-corrected chi connectivity index (χ0v) is 13.9. The average molecular weight is 307 g/mol. The van der Waals surface area contributed by atoms with Crippen LogP contribution in [0.4, 0.5) is 5.69 Å². The van der Waals surface area contributed by atoms with E-state index in [4.69, 9.17) is 0 Å². The van der Waals surface area contributed by atoms with Crippen LogP contribution in [0.3, 0.4) is 0 Å². The number of hydrogen-bond donors (Lipinski definition) is 2. The fourth-order valence-corrected chi connectivity index (χ4v) is 2.59. The topological polar surface area (TPSA) is 57.8 Å². The van der Waals surface area contributed by atoms with E-state index in [-0.39, 0.29) is 11.3 Å². The summed E-state index contributed by atoms with van der Waals surface area (Å²) in [7, 11) is 0. The van der Waals surface area contributed by atoms with Crippen LogP contribution in [0.2, 0.25) is 0 Å². The number of nitrogens with zero attached hydrogens (tertiary/aromatic N) is 1. The third kappa shape index (κ3) is 3.11. The number of fused-ring (bicyclic) bond motifs is 1. The van der Waals surface area contributed by atoms with Gasteiger partial charge in [0.15, 0.2) is 0 Å². The van der Waals surface area contributed by atoms with Crippen molar-refractivity contribution in [2.24, 2.45) is 0 Å².